The van der Waals surface area contributed by atoms with Crippen LogP contribution in [0.4, 0.5) is 0 Å². The van der Waals surface area contributed by atoms with E-state index in [1.54, 1.807) is 19.3 Å². The number of aldehydes is 1. The van der Waals surface area contributed by atoms with E-state index in [1.807, 2.05) is 28.8 Å². The summed E-state index contributed by atoms with van der Waals surface area (Å²) in [7, 11) is 0. The predicted octanol–water partition coefficient (Wildman–Crippen LogP) is 1.62. The molecule has 0 unspecified atom stereocenters. The highest BCUT2D eigenvalue weighted by atomic mass is 16.5. The molecule has 8 nitrogen and oxygen atoms in total. The summed E-state index contributed by atoms with van der Waals surface area (Å²) in [6.07, 6.45) is 3.96. The van der Waals surface area contributed by atoms with E-state index in [2.05, 4.69) is 10.3 Å². The number of hydrogen-bond donors (Lipinski definition) is 0. The third-order valence-corrected chi connectivity index (χ3v) is 3.85. The van der Waals surface area contributed by atoms with E-state index < -0.39 is 5.97 Å². The Morgan fingerprint density at radius 1 is 1.23 bits per heavy atom. The first-order valence-corrected chi connectivity index (χ1v) is 8.20. The van der Waals surface area contributed by atoms with Gasteiger partial charge in [0.25, 0.3) is 0 Å². The third kappa shape index (κ3) is 3.85. The molecule has 0 saturated carbocycles. The third-order valence-electron chi connectivity index (χ3n) is 3.85. The first kappa shape index (κ1) is 17.5. The lowest BCUT2D eigenvalue weighted by Crippen LogP contribution is -2.16. The van der Waals surface area contributed by atoms with Gasteiger partial charge in [-0.1, -0.05) is 23.4 Å². The first-order valence-electron chi connectivity index (χ1n) is 8.20. The molecule has 26 heavy (non-hydrogen) atoms. The van der Waals surface area contributed by atoms with Gasteiger partial charge in [0.2, 0.25) is 0 Å². The number of para-hydroxylation sites is 1. The lowest BCUT2D eigenvalue weighted by molar-refractivity contribution is -0.145. The van der Waals surface area contributed by atoms with Gasteiger partial charge in [0.15, 0.2) is 12.1 Å². The first-order chi connectivity index (χ1) is 12.6. The normalized spacial score (nSPS) is 10.8. The van der Waals surface area contributed by atoms with Crippen LogP contribution in [0.15, 0.2) is 36.7 Å². The lowest BCUT2D eigenvalue weighted by atomic mass is 10.2. The fourth-order valence-electron chi connectivity index (χ4n) is 2.77. The van der Waals surface area contributed by atoms with Crippen molar-refractivity contribution in [3.05, 3.63) is 47.9 Å². The highest BCUT2D eigenvalue weighted by Gasteiger charge is 2.13. The van der Waals surface area contributed by atoms with Gasteiger partial charge in [0.1, 0.15) is 18.7 Å². The van der Waals surface area contributed by atoms with E-state index >= 15 is 0 Å². The van der Waals surface area contributed by atoms with E-state index in [0.717, 1.165) is 17.2 Å². The minimum Gasteiger partial charge on any atom is -0.466 e. The van der Waals surface area contributed by atoms with Crippen molar-refractivity contribution in [1.82, 2.24) is 19.6 Å². The van der Waals surface area contributed by atoms with E-state index in [1.165, 1.54) is 4.68 Å². The minimum atomic E-state index is -0.543. The van der Waals surface area contributed by atoms with Crippen LogP contribution in [0.1, 0.15) is 29.4 Å². The van der Waals surface area contributed by atoms with Gasteiger partial charge in [0.05, 0.1) is 19.3 Å². The van der Waals surface area contributed by atoms with Gasteiger partial charge in [-0.3, -0.25) is 14.4 Å². The number of Topliss-reactive ketones (excluding diaryl/α,β-unsaturated/α-hetero) is 1. The fraction of sp³-hybridized carbons (Fsp3) is 0.278. The molecule has 2 heterocycles. The molecular weight excluding hydrogens is 336 g/mol. The summed E-state index contributed by atoms with van der Waals surface area (Å²) in [6, 6.07) is 7.60. The second-order valence-corrected chi connectivity index (χ2v) is 5.78. The Hall–Kier alpha value is -3.29. The average molecular weight is 354 g/mol. The van der Waals surface area contributed by atoms with Crippen molar-refractivity contribution in [1.29, 1.82) is 0 Å². The molecule has 134 valence electrons. The molecule has 0 radical (unpaired) electrons. The van der Waals surface area contributed by atoms with Gasteiger partial charge < -0.3 is 9.30 Å². The predicted molar refractivity (Wildman–Crippen MR) is 92.7 cm³/mol. The molecule has 1 aromatic carbocycles. The number of carbonyl (C=O) groups is 3. The van der Waals surface area contributed by atoms with E-state index in [4.69, 9.17) is 4.74 Å². The molecule has 2 aromatic heterocycles. The van der Waals surface area contributed by atoms with Crippen molar-refractivity contribution >= 4 is 28.9 Å². The van der Waals surface area contributed by atoms with E-state index in [0.29, 0.717) is 17.8 Å². The Morgan fingerprint density at radius 2 is 2.04 bits per heavy atom. The molecule has 0 fully saturated rings. The van der Waals surface area contributed by atoms with Crippen molar-refractivity contribution in [3.63, 3.8) is 0 Å². The molecule has 0 spiro atoms. The highest BCUT2D eigenvalue weighted by molar-refractivity contribution is 5.97. The molecule has 0 aliphatic rings. The number of hydrogen-bond acceptors (Lipinski definition) is 6. The van der Waals surface area contributed by atoms with Crippen LogP contribution in [0, 0.1) is 0 Å². The molecule has 3 rings (SSSR count). The number of rotatable bonds is 8. The summed E-state index contributed by atoms with van der Waals surface area (Å²) in [5, 5.41) is 8.86. The quantitative estimate of drug-likeness (QED) is 0.346. The zero-order valence-corrected chi connectivity index (χ0v) is 14.3. The molecule has 3 aromatic rings. The van der Waals surface area contributed by atoms with Gasteiger partial charge in [-0.15, -0.1) is 5.10 Å². The molecule has 0 amide bonds. The standard InChI is InChI=1S/C18H18N4O4/c1-2-26-18(25)7-15(24)11-22-10-14(19-20-22)9-21-8-13(12-23)16-5-3-4-6-17(16)21/h3-6,8,10,12H,2,7,9,11H2,1H3. The number of ketones is 1. The van der Waals surface area contributed by atoms with Crippen LogP contribution in [0.2, 0.25) is 0 Å². The second kappa shape index (κ2) is 7.73. The Kier molecular flexibility index (Phi) is 5.21. The number of fused-ring (bicyclic) bond motifs is 1. The van der Waals surface area contributed by atoms with Gasteiger partial charge in [-0.25, -0.2) is 4.68 Å². The van der Waals surface area contributed by atoms with Crippen LogP contribution >= 0.6 is 0 Å². The molecule has 0 aliphatic carbocycles. The maximum absolute atomic E-state index is 11.8. The largest absolute Gasteiger partial charge is 0.466 e. The Balaban J connectivity index is 1.70. The number of ether oxygens (including phenoxy) is 1. The summed E-state index contributed by atoms with van der Waals surface area (Å²) in [5.41, 5.74) is 2.17. The van der Waals surface area contributed by atoms with Crippen LogP contribution in [0.5, 0.6) is 0 Å². The lowest BCUT2D eigenvalue weighted by Gasteiger charge is -2.02. The minimum absolute atomic E-state index is 0.0438. The van der Waals surface area contributed by atoms with Crippen LogP contribution in [-0.2, 0) is 27.4 Å². The summed E-state index contributed by atoms with van der Waals surface area (Å²) in [6.45, 7) is 2.30. The van der Waals surface area contributed by atoms with Crippen LogP contribution in [0.25, 0.3) is 10.9 Å². The maximum Gasteiger partial charge on any atom is 0.313 e. The number of carbonyl (C=O) groups excluding carboxylic acids is 3. The Morgan fingerprint density at radius 3 is 2.81 bits per heavy atom. The molecule has 0 N–H and O–H groups in total. The number of aromatic nitrogens is 4. The van der Waals surface area contributed by atoms with Crippen molar-refractivity contribution in [2.75, 3.05) is 6.61 Å². The summed E-state index contributed by atoms with van der Waals surface area (Å²) >= 11 is 0. The van der Waals surface area contributed by atoms with Crippen molar-refractivity contribution in [2.24, 2.45) is 0 Å². The van der Waals surface area contributed by atoms with Crippen LogP contribution in [0.3, 0.4) is 0 Å². The summed E-state index contributed by atoms with van der Waals surface area (Å²) in [4.78, 5) is 34.4. The molecule has 0 bridgehead atoms. The topological polar surface area (TPSA) is 96.1 Å². The van der Waals surface area contributed by atoms with Gasteiger partial charge in [-0.2, -0.15) is 0 Å². The smallest absolute Gasteiger partial charge is 0.313 e. The van der Waals surface area contributed by atoms with Crippen molar-refractivity contribution < 1.29 is 19.1 Å². The van der Waals surface area contributed by atoms with Crippen LogP contribution < -0.4 is 0 Å². The monoisotopic (exact) mass is 354 g/mol. The Bertz CT molecular complexity index is 957. The SMILES string of the molecule is CCOC(=O)CC(=O)Cn1cc(Cn2cc(C=O)c3ccccc32)nn1. The van der Waals surface area contributed by atoms with Crippen LogP contribution in [-0.4, -0.2) is 44.2 Å². The van der Waals surface area contributed by atoms with Crippen molar-refractivity contribution in [3.8, 4) is 0 Å². The fourth-order valence-corrected chi connectivity index (χ4v) is 2.77. The molecule has 0 aliphatic heterocycles. The molecular formula is C18H18N4O4. The highest BCUT2D eigenvalue weighted by Crippen LogP contribution is 2.20. The average Bonchev–Trinajstić information content (AvgIpc) is 3.20. The molecule has 0 saturated heterocycles. The zero-order valence-electron chi connectivity index (χ0n) is 14.3. The summed E-state index contributed by atoms with van der Waals surface area (Å²) in [5.74, 6) is -0.840. The second-order valence-electron chi connectivity index (χ2n) is 5.78. The molecule has 0 atom stereocenters. The number of nitrogens with zero attached hydrogens (tertiary/aromatic N) is 4. The van der Waals surface area contributed by atoms with Gasteiger partial charge >= 0.3 is 5.97 Å². The number of esters is 1. The Labute approximate surface area is 149 Å². The summed E-state index contributed by atoms with van der Waals surface area (Å²) < 4.78 is 8.05. The molecule has 8 heteroatoms. The van der Waals surface area contributed by atoms with E-state index in [-0.39, 0.29) is 25.4 Å². The zero-order chi connectivity index (χ0) is 18.5. The maximum atomic E-state index is 11.8. The number of benzene rings is 1. The van der Waals surface area contributed by atoms with E-state index in [9.17, 15) is 14.4 Å². The van der Waals surface area contributed by atoms with Gasteiger partial charge in [0, 0.05) is 22.7 Å². The van der Waals surface area contributed by atoms with Gasteiger partial charge in [-0.05, 0) is 13.0 Å². The van der Waals surface area contributed by atoms with Crippen molar-refractivity contribution in [2.45, 2.75) is 26.4 Å².